The van der Waals surface area contributed by atoms with Crippen LogP contribution in [0.5, 0.6) is 11.5 Å². The normalized spacial score (nSPS) is 11.0. The number of nitrogens with one attached hydrogen (secondary N) is 2. The number of amides is 2. The first-order chi connectivity index (χ1) is 15.0. The number of halogens is 2. The van der Waals surface area contributed by atoms with Crippen molar-refractivity contribution in [3.8, 4) is 11.5 Å². The number of benzene rings is 3. The molecular weight excluding hydrogens is 406 g/mol. The molecule has 0 fully saturated rings. The van der Waals surface area contributed by atoms with Crippen LogP contribution in [0.3, 0.4) is 0 Å². The summed E-state index contributed by atoms with van der Waals surface area (Å²) >= 11 is 0. The maximum atomic E-state index is 12.4. The van der Waals surface area contributed by atoms with Crippen molar-refractivity contribution in [2.24, 2.45) is 0 Å². The van der Waals surface area contributed by atoms with E-state index >= 15 is 0 Å². The topological polar surface area (TPSA) is 76.7 Å². The van der Waals surface area contributed by atoms with Crippen LogP contribution in [-0.2, 0) is 16.0 Å². The maximum absolute atomic E-state index is 12.4. The molecule has 3 aromatic carbocycles. The molecule has 2 amide bonds. The second kappa shape index (κ2) is 10.2. The largest absolute Gasteiger partial charge is 0.493 e. The summed E-state index contributed by atoms with van der Waals surface area (Å²) in [6.07, 6.45) is 2.75. The lowest BCUT2D eigenvalue weighted by Gasteiger charge is -2.10. The van der Waals surface area contributed by atoms with Crippen LogP contribution >= 0.6 is 0 Å². The van der Waals surface area contributed by atoms with Gasteiger partial charge in [0.1, 0.15) is 0 Å². The van der Waals surface area contributed by atoms with E-state index in [2.05, 4.69) is 15.6 Å². The van der Waals surface area contributed by atoms with E-state index in [1.165, 1.54) is 37.5 Å². The first kappa shape index (κ1) is 21.8. The number of methoxy groups -OCH3 is 1. The van der Waals surface area contributed by atoms with Crippen LogP contribution in [0.2, 0.25) is 0 Å². The van der Waals surface area contributed by atoms with Crippen molar-refractivity contribution in [3.05, 3.63) is 77.9 Å². The van der Waals surface area contributed by atoms with E-state index in [-0.39, 0.29) is 23.8 Å². The van der Waals surface area contributed by atoms with Crippen molar-refractivity contribution in [1.82, 2.24) is 10.9 Å². The number of hydrogen-bond acceptors (Lipinski definition) is 4. The lowest BCUT2D eigenvalue weighted by Crippen LogP contribution is -2.41. The SMILES string of the molecule is COc1cc(/C=C/C(=O)NNC(=O)Cc2cccc3ccccc23)ccc1OC(F)F. The first-order valence-corrected chi connectivity index (χ1v) is 9.32. The number of carbonyl (C=O) groups excluding carboxylic acids is 2. The number of ether oxygens (including phenoxy) is 2. The monoisotopic (exact) mass is 426 g/mol. The Labute approximate surface area is 177 Å². The fraction of sp³-hybridized carbons (Fsp3) is 0.130. The number of alkyl halides is 2. The molecule has 0 radical (unpaired) electrons. The Hall–Kier alpha value is -3.94. The molecule has 0 unspecified atom stereocenters. The Balaban J connectivity index is 1.56. The Morgan fingerprint density at radius 2 is 1.77 bits per heavy atom. The minimum atomic E-state index is -2.97. The Kier molecular flexibility index (Phi) is 7.16. The standard InChI is InChI=1S/C23H20F2N2O4/c1-30-20-13-15(9-11-19(20)31-23(24)25)10-12-21(28)26-27-22(29)14-17-7-4-6-16-5-2-3-8-18(16)17/h2-13,23H,14H2,1H3,(H,26,28)(H,27,29)/b12-10+. The predicted molar refractivity (Wildman–Crippen MR) is 113 cm³/mol. The van der Waals surface area contributed by atoms with Crippen molar-refractivity contribution < 1.29 is 27.8 Å². The molecule has 0 atom stereocenters. The molecule has 0 aliphatic carbocycles. The maximum Gasteiger partial charge on any atom is 0.387 e. The van der Waals surface area contributed by atoms with E-state index in [0.717, 1.165) is 16.3 Å². The summed E-state index contributed by atoms with van der Waals surface area (Å²) in [6.45, 7) is -2.97. The molecule has 0 bridgehead atoms. The van der Waals surface area contributed by atoms with Gasteiger partial charge in [-0.2, -0.15) is 8.78 Å². The van der Waals surface area contributed by atoms with E-state index in [9.17, 15) is 18.4 Å². The third-order valence-corrected chi connectivity index (χ3v) is 4.39. The van der Waals surface area contributed by atoms with Gasteiger partial charge in [-0.05, 0) is 40.1 Å². The molecule has 6 nitrogen and oxygen atoms in total. The summed E-state index contributed by atoms with van der Waals surface area (Å²) < 4.78 is 34.1. The van der Waals surface area contributed by atoms with E-state index in [4.69, 9.17) is 4.74 Å². The van der Waals surface area contributed by atoms with Gasteiger partial charge >= 0.3 is 6.61 Å². The predicted octanol–water partition coefficient (Wildman–Crippen LogP) is 3.85. The summed E-state index contributed by atoms with van der Waals surface area (Å²) in [7, 11) is 1.32. The first-order valence-electron chi connectivity index (χ1n) is 9.32. The molecule has 0 spiro atoms. The highest BCUT2D eigenvalue weighted by Crippen LogP contribution is 2.29. The molecule has 0 heterocycles. The second-order valence-corrected chi connectivity index (χ2v) is 6.47. The number of rotatable bonds is 7. The zero-order chi connectivity index (χ0) is 22.2. The lowest BCUT2D eigenvalue weighted by atomic mass is 10.0. The van der Waals surface area contributed by atoms with Crippen LogP contribution in [0.15, 0.2) is 66.7 Å². The Morgan fingerprint density at radius 1 is 1.00 bits per heavy atom. The molecule has 160 valence electrons. The van der Waals surface area contributed by atoms with E-state index in [1.54, 1.807) is 0 Å². The van der Waals surface area contributed by atoms with Gasteiger partial charge in [0.05, 0.1) is 13.5 Å². The number of hydrazine groups is 1. The van der Waals surface area contributed by atoms with Crippen LogP contribution in [0.25, 0.3) is 16.8 Å². The lowest BCUT2D eigenvalue weighted by molar-refractivity contribution is -0.126. The highest BCUT2D eigenvalue weighted by molar-refractivity contribution is 5.94. The molecule has 0 aliphatic rings. The summed E-state index contributed by atoms with van der Waals surface area (Å²) in [5.74, 6) is -0.933. The van der Waals surface area contributed by atoms with Crippen molar-refractivity contribution in [2.45, 2.75) is 13.0 Å². The fourth-order valence-corrected chi connectivity index (χ4v) is 2.99. The summed E-state index contributed by atoms with van der Waals surface area (Å²) in [5, 5.41) is 2.00. The quantitative estimate of drug-likeness (QED) is 0.445. The molecule has 8 heteroatoms. The molecule has 3 aromatic rings. The summed E-state index contributed by atoms with van der Waals surface area (Å²) in [5.41, 5.74) is 6.04. The molecule has 3 rings (SSSR count). The third-order valence-electron chi connectivity index (χ3n) is 4.39. The number of carbonyl (C=O) groups is 2. The van der Waals surface area contributed by atoms with Crippen LogP contribution < -0.4 is 20.3 Å². The zero-order valence-electron chi connectivity index (χ0n) is 16.6. The van der Waals surface area contributed by atoms with E-state index in [0.29, 0.717) is 5.56 Å². The van der Waals surface area contributed by atoms with Gasteiger partial charge in [-0.3, -0.25) is 20.4 Å². The minimum Gasteiger partial charge on any atom is -0.493 e. The molecule has 0 aromatic heterocycles. The van der Waals surface area contributed by atoms with Gasteiger partial charge in [-0.25, -0.2) is 0 Å². The smallest absolute Gasteiger partial charge is 0.387 e. The van der Waals surface area contributed by atoms with E-state index < -0.39 is 12.5 Å². The van der Waals surface area contributed by atoms with Crippen molar-refractivity contribution in [1.29, 1.82) is 0 Å². The van der Waals surface area contributed by atoms with Gasteiger partial charge in [0.15, 0.2) is 11.5 Å². The van der Waals surface area contributed by atoms with Gasteiger partial charge in [-0.15, -0.1) is 0 Å². The average Bonchev–Trinajstić information content (AvgIpc) is 2.77. The summed E-state index contributed by atoms with van der Waals surface area (Å²) in [6, 6.07) is 17.7. The molecule has 0 saturated heterocycles. The van der Waals surface area contributed by atoms with Crippen molar-refractivity contribution in [2.75, 3.05) is 7.11 Å². The highest BCUT2D eigenvalue weighted by atomic mass is 19.3. The zero-order valence-corrected chi connectivity index (χ0v) is 16.6. The van der Waals surface area contributed by atoms with Crippen LogP contribution in [0.4, 0.5) is 8.78 Å². The Bertz CT molecular complexity index is 1110. The Morgan fingerprint density at radius 3 is 2.55 bits per heavy atom. The number of fused-ring (bicyclic) bond motifs is 1. The van der Waals surface area contributed by atoms with Crippen LogP contribution in [0.1, 0.15) is 11.1 Å². The highest BCUT2D eigenvalue weighted by Gasteiger charge is 2.11. The van der Waals surface area contributed by atoms with Gasteiger partial charge in [0, 0.05) is 6.08 Å². The van der Waals surface area contributed by atoms with Gasteiger partial charge in [0.2, 0.25) is 5.91 Å². The van der Waals surface area contributed by atoms with E-state index in [1.807, 2.05) is 42.5 Å². The van der Waals surface area contributed by atoms with Crippen molar-refractivity contribution in [3.63, 3.8) is 0 Å². The van der Waals surface area contributed by atoms with Crippen molar-refractivity contribution >= 4 is 28.7 Å². The van der Waals surface area contributed by atoms with Gasteiger partial charge in [-0.1, -0.05) is 48.5 Å². The molecule has 2 N–H and O–H groups in total. The third kappa shape index (κ3) is 6.02. The molecule has 31 heavy (non-hydrogen) atoms. The fourth-order valence-electron chi connectivity index (χ4n) is 2.99. The van der Waals surface area contributed by atoms with Crippen LogP contribution in [-0.4, -0.2) is 25.5 Å². The average molecular weight is 426 g/mol. The molecule has 0 saturated carbocycles. The molecular formula is C23H20F2N2O4. The molecule has 0 aliphatic heterocycles. The van der Waals surface area contributed by atoms with Crippen LogP contribution in [0, 0.1) is 0 Å². The summed E-state index contributed by atoms with van der Waals surface area (Å²) in [4.78, 5) is 24.2. The van der Waals surface area contributed by atoms with Gasteiger partial charge < -0.3 is 9.47 Å². The van der Waals surface area contributed by atoms with Gasteiger partial charge in [0.25, 0.3) is 5.91 Å². The minimum absolute atomic E-state index is 0.103. The second-order valence-electron chi connectivity index (χ2n) is 6.47. The number of hydrogen-bond donors (Lipinski definition) is 2.